The highest BCUT2D eigenvalue weighted by atomic mass is 32.2. The molecule has 224 valence electrons. The number of nitrogens with one attached hydrogen (secondary N) is 2. The molecule has 9 nitrogen and oxygen atoms in total. The van der Waals surface area contributed by atoms with Gasteiger partial charge in [0.05, 0.1) is 19.0 Å². The number of aryl methyl sites for hydroxylation is 1. The summed E-state index contributed by atoms with van der Waals surface area (Å²) in [4.78, 5) is 34.1. The van der Waals surface area contributed by atoms with Crippen molar-refractivity contribution in [1.82, 2.24) is 15.7 Å². The highest BCUT2D eigenvalue weighted by Gasteiger charge is 2.33. The van der Waals surface area contributed by atoms with E-state index in [1.165, 1.54) is 4.90 Å². The molecule has 0 spiro atoms. The number of likely N-dealkylation sites (tertiary alicyclic amines) is 1. The molecule has 11 heteroatoms. The van der Waals surface area contributed by atoms with Gasteiger partial charge in [0.1, 0.15) is 15.9 Å². The van der Waals surface area contributed by atoms with Gasteiger partial charge in [-0.1, -0.05) is 48.5 Å². The number of carbonyl (C=O) groups is 2. The number of thioether (sulfide) groups is 1. The molecular weight excluding hydrogens is 574 g/mol. The van der Waals surface area contributed by atoms with Gasteiger partial charge in [-0.3, -0.25) is 9.69 Å². The smallest absolute Gasteiger partial charge is 0.326 e. The van der Waals surface area contributed by atoms with Crippen molar-refractivity contribution < 1.29 is 28.0 Å². The van der Waals surface area contributed by atoms with Crippen molar-refractivity contribution in [2.45, 2.75) is 48.7 Å². The van der Waals surface area contributed by atoms with Crippen LogP contribution < -0.4 is 10.8 Å². The molecule has 0 aliphatic carbocycles. The second-order valence-electron chi connectivity index (χ2n) is 10.5. The average Bonchev–Trinajstić information content (AvgIpc) is 3.31. The topological polar surface area (TPSA) is 125 Å². The van der Waals surface area contributed by atoms with Crippen molar-refractivity contribution >= 4 is 33.5 Å². The van der Waals surface area contributed by atoms with Gasteiger partial charge < -0.3 is 15.3 Å². The van der Waals surface area contributed by atoms with Crippen molar-refractivity contribution in [3.05, 3.63) is 89.5 Å². The molecule has 0 radical (unpaired) electrons. The van der Waals surface area contributed by atoms with Crippen molar-refractivity contribution in [2.24, 2.45) is 0 Å². The molecule has 1 unspecified atom stereocenters. The molecule has 1 saturated heterocycles. The van der Waals surface area contributed by atoms with Crippen LogP contribution in [-0.2, 0) is 26.0 Å². The summed E-state index contributed by atoms with van der Waals surface area (Å²) in [6.07, 6.45) is 1.72. The van der Waals surface area contributed by atoms with Gasteiger partial charge in [0.2, 0.25) is 0 Å². The Hall–Kier alpha value is -3.22. The molecule has 3 atom stereocenters. The van der Waals surface area contributed by atoms with E-state index in [0.29, 0.717) is 22.9 Å². The van der Waals surface area contributed by atoms with Gasteiger partial charge in [0.15, 0.2) is 0 Å². The Kier molecular flexibility index (Phi) is 10.8. The maximum absolute atomic E-state index is 13.4. The molecule has 1 heterocycles. The SMILES string of the molecule is CONC1C[C@@H](Sc2ccccc2)CN1Cc1ccc(C(=O)N[C@@H](CCS(C)(=O)=O)C(=O)O)c(-c2ccccc2C)c1. The Bertz CT molecular complexity index is 1500. The number of rotatable bonds is 13. The molecule has 3 N–H and O–H groups in total. The molecule has 42 heavy (non-hydrogen) atoms. The van der Waals surface area contributed by atoms with Crippen LogP contribution in [-0.4, -0.2) is 73.4 Å². The van der Waals surface area contributed by atoms with Gasteiger partial charge in [-0.15, -0.1) is 11.8 Å². The lowest BCUT2D eigenvalue weighted by Crippen LogP contribution is -2.42. The van der Waals surface area contributed by atoms with E-state index in [-0.39, 0.29) is 18.3 Å². The molecule has 3 aromatic rings. The minimum atomic E-state index is -3.39. The van der Waals surface area contributed by atoms with Gasteiger partial charge in [0, 0.05) is 35.1 Å². The van der Waals surface area contributed by atoms with Gasteiger partial charge in [-0.05, 0) is 66.3 Å². The predicted molar refractivity (Wildman–Crippen MR) is 165 cm³/mol. The number of sulfone groups is 1. The van der Waals surface area contributed by atoms with Crippen LogP contribution in [0.4, 0.5) is 0 Å². The first-order valence-corrected chi connectivity index (χ1v) is 16.6. The standard InChI is InChI=1S/C31H37N3O6S2/c1-21-9-7-8-12-25(21)27-17-22(13-14-26(27)30(35)32-28(31(36)37)15-16-42(3,38)39)19-34-20-24(18-29(34)33-40-2)41-23-10-5-4-6-11-23/h4-14,17,24,28-29,33H,15-16,18-20H2,1-3H3,(H,32,35)(H,36,37)/t24-,28+,29?/m1/s1. The second-order valence-corrected chi connectivity index (χ2v) is 14.2. The molecular formula is C31H37N3O6S2. The first-order valence-electron chi connectivity index (χ1n) is 13.7. The minimum Gasteiger partial charge on any atom is -0.480 e. The maximum atomic E-state index is 13.4. The summed E-state index contributed by atoms with van der Waals surface area (Å²) in [5, 5.41) is 12.5. The second kappa shape index (κ2) is 14.3. The van der Waals surface area contributed by atoms with Crippen LogP contribution in [0.1, 0.15) is 34.3 Å². The highest BCUT2D eigenvalue weighted by molar-refractivity contribution is 8.00. The zero-order chi connectivity index (χ0) is 30.3. The lowest BCUT2D eigenvalue weighted by Gasteiger charge is -2.25. The fourth-order valence-electron chi connectivity index (χ4n) is 5.12. The first-order chi connectivity index (χ1) is 20.0. The van der Waals surface area contributed by atoms with E-state index >= 15 is 0 Å². The molecule has 1 aliphatic heterocycles. The van der Waals surface area contributed by atoms with Crippen molar-refractivity contribution in [3.8, 4) is 11.1 Å². The number of hydrogen-bond donors (Lipinski definition) is 3. The third-order valence-electron chi connectivity index (χ3n) is 7.20. The van der Waals surface area contributed by atoms with Crippen LogP contribution in [0, 0.1) is 6.92 Å². The number of carboxylic acids is 1. The summed E-state index contributed by atoms with van der Waals surface area (Å²) in [6.45, 7) is 3.41. The number of benzene rings is 3. The largest absolute Gasteiger partial charge is 0.480 e. The first kappa shape index (κ1) is 31.7. The van der Waals surface area contributed by atoms with E-state index in [1.807, 2.05) is 73.3 Å². The van der Waals surface area contributed by atoms with Gasteiger partial charge >= 0.3 is 5.97 Å². The third kappa shape index (κ3) is 8.65. The van der Waals surface area contributed by atoms with E-state index in [9.17, 15) is 23.1 Å². The minimum absolute atomic E-state index is 0.00673. The fourth-order valence-corrected chi connectivity index (χ4v) is 7.02. The van der Waals surface area contributed by atoms with Crippen LogP contribution >= 0.6 is 11.8 Å². The molecule has 0 saturated carbocycles. The lowest BCUT2D eigenvalue weighted by molar-refractivity contribution is -0.139. The Labute approximate surface area is 251 Å². The Morgan fingerprint density at radius 3 is 2.45 bits per heavy atom. The molecule has 4 rings (SSSR count). The molecule has 1 fully saturated rings. The summed E-state index contributed by atoms with van der Waals surface area (Å²) in [6, 6.07) is 22.3. The number of amides is 1. The number of nitrogens with zero attached hydrogens (tertiary/aromatic N) is 1. The van der Waals surface area contributed by atoms with Crippen LogP contribution in [0.3, 0.4) is 0 Å². The molecule has 0 aromatic heterocycles. The average molecular weight is 612 g/mol. The van der Waals surface area contributed by atoms with E-state index in [1.54, 1.807) is 13.2 Å². The number of carboxylic acid groups (broad SMARTS) is 1. The van der Waals surface area contributed by atoms with E-state index in [4.69, 9.17) is 4.84 Å². The monoisotopic (exact) mass is 611 g/mol. The Morgan fingerprint density at radius 2 is 1.79 bits per heavy atom. The summed E-state index contributed by atoms with van der Waals surface area (Å²) in [7, 11) is -1.78. The van der Waals surface area contributed by atoms with Gasteiger partial charge in [-0.2, -0.15) is 5.48 Å². The summed E-state index contributed by atoms with van der Waals surface area (Å²) < 4.78 is 23.2. The quantitative estimate of drug-likeness (QED) is 0.245. The molecule has 1 aliphatic rings. The zero-order valence-electron chi connectivity index (χ0n) is 23.9. The van der Waals surface area contributed by atoms with E-state index in [2.05, 4.69) is 27.8 Å². The van der Waals surface area contributed by atoms with Crippen LogP contribution in [0.5, 0.6) is 0 Å². The summed E-state index contributed by atoms with van der Waals surface area (Å²) in [5.41, 5.74) is 6.94. The van der Waals surface area contributed by atoms with Crippen molar-refractivity contribution in [1.29, 1.82) is 0 Å². The predicted octanol–water partition coefficient (Wildman–Crippen LogP) is 4.12. The van der Waals surface area contributed by atoms with E-state index < -0.39 is 27.8 Å². The van der Waals surface area contributed by atoms with Gasteiger partial charge in [0.25, 0.3) is 5.91 Å². The Balaban J connectivity index is 1.60. The molecule has 1 amide bonds. The van der Waals surface area contributed by atoms with Crippen LogP contribution in [0.2, 0.25) is 0 Å². The molecule has 3 aromatic carbocycles. The number of carbonyl (C=O) groups excluding carboxylic acids is 1. The summed E-state index contributed by atoms with van der Waals surface area (Å²) in [5.74, 6) is -2.20. The molecule has 0 bridgehead atoms. The number of hydroxylamine groups is 1. The highest BCUT2D eigenvalue weighted by Crippen LogP contribution is 2.34. The lowest BCUT2D eigenvalue weighted by atomic mass is 9.93. The van der Waals surface area contributed by atoms with E-state index in [0.717, 1.165) is 35.9 Å². The van der Waals surface area contributed by atoms with Crippen LogP contribution in [0.15, 0.2) is 77.7 Å². The fraction of sp³-hybridized carbons (Fsp3) is 0.355. The normalized spacial score (nSPS) is 18.1. The van der Waals surface area contributed by atoms with Crippen molar-refractivity contribution in [3.63, 3.8) is 0 Å². The summed E-state index contributed by atoms with van der Waals surface area (Å²) >= 11 is 1.84. The Morgan fingerprint density at radius 1 is 1.07 bits per heavy atom. The van der Waals surface area contributed by atoms with Crippen molar-refractivity contribution in [2.75, 3.05) is 25.7 Å². The third-order valence-corrected chi connectivity index (χ3v) is 9.39. The zero-order valence-corrected chi connectivity index (χ0v) is 25.6. The van der Waals surface area contributed by atoms with Gasteiger partial charge in [-0.25, -0.2) is 13.2 Å². The number of aliphatic carboxylic acids is 1. The van der Waals surface area contributed by atoms with Crippen LogP contribution in [0.25, 0.3) is 11.1 Å². The number of hydrogen-bond acceptors (Lipinski definition) is 8. The maximum Gasteiger partial charge on any atom is 0.326 e.